The standard InChI is InChI=1S/C14H12ClN3OS/c1-19-12-5-3-9(7-10(12)15)17-14-18-11-4-2-8(16)6-13(11)20-14/h2-7H,16H2,1H3,(H,17,18). The van der Waals surface area contributed by atoms with E-state index in [2.05, 4.69) is 10.3 Å². The fraction of sp³-hybridized carbons (Fsp3) is 0.0714. The largest absolute Gasteiger partial charge is 0.495 e. The molecule has 20 heavy (non-hydrogen) atoms. The highest BCUT2D eigenvalue weighted by Gasteiger charge is 2.06. The minimum absolute atomic E-state index is 0.558. The van der Waals surface area contributed by atoms with Crippen molar-refractivity contribution in [3.8, 4) is 5.75 Å². The number of ether oxygens (including phenoxy) is 1. The fourth-order valence-electron chi connectivity index (χ4n) is 1.86. The van der Waals surface area contributed by atoms with Crippen LogP contribution >= 0.6 is 22.9 Å². The summed E-state index contributed by atoms with van der Waals surface area (Å²) >= 11 is 7.64. The van der Waals surface area contributed by atoms with Gasteiger partial charge in [0.1, 0.15) is 5.75 Å². The SMILES string of the molecule is COc1ccc(Nc2nc3ccc(N)cc3s2)cc1Cl. The Kier molecular flexibility index (Phi) is 3.38. The second kappa shape index (κ2) is 5.19. The first kappa shape index (κ1) is 13.0. The molecule has 0 atom stereocenters. The number of rotatable bonds is 3. The molecule has 0 amide bonds. The van der Waals surface area contributed by atoms with E-state index in [9.17, 15) is 0 Å². The molecule has 0 radical (unpaired) electrons. The second-order valence-electron chi connectivity index (χ2n) is 4.22. The van der Waals surface area contributed by atoms with Crippen molar-refractivity contribution < 1.29 is 4.74 Å². The summed E-state index contributed by atoms with van der Waals surface area (Å²) in [5.74, 6) is 0.647. The van der Waals surface area contributed by atoms with E-state index in [0.29, 0.717) is 10.8 Å². The lowest BCUT2D eigenvalue weighted by molar-refractivity contribution is 0.415. The number of nitrogen functional groups attached to an aromatic ring is 1. The molecule has 0 bridgehead atoms. The van der Waals surface area contributed by atoms with Gasteiger partial charge in [0.25, 0.3) is 0 Å². The maximum atomic E-state index is 6.10. The third-order valence-electron chi connectivity index (χ3n) is 2.82. The quantitative estimate of drug-likeness (QED) is 0.709. The molecule has 0 aliphatic rings. The Morgan fingerprint density at radius 1 is 1.25 bits per heavy atom. The van der Waals surface area contributed by atoms with Crippen molar-refractivity contribution >= 4 is 49.7 Å². The van der Waals surface area contributed by atoms with Crippen LogP contribution in [0.1, 0.15) is 0 Å². The Balaban J connectivity index is 1.90. The molecule has 3 N–H and O–H groups in total. The van der Waals surface area contributed by atoms with Gasteiger partial charge in [-0.15, -0.1) is 0 Å². The number of halogens is 1. The highest BCUT2D eigenvalue weighted by Crippen LogP contribution is 2.32. The summed E-state index contributed by atoms with van der Waals surface area (Å²) in [5, 5.41) is 4.59. The maximum Gasteiger partial charge on any atom is 0.188 e. The van der Waals surface area contributed by atoms with Gasteiger partial charge in [0.05, 0.1) is 22.3 Å². The molecule has 0 unspecified atom stereocenters. The molecule has 0 aliphatic carbocycles. The van der Waals surface area contributed by atoms with Crippen LogP contribution in [0.15, 0.2) is 36.4 Å². The summed E-state index contributed by atoms with van der Waals surface area (Å²) in [5.41, 5.74) is 8.29. The lowest BCUT2D eigenvalue weighted by Crippen LogP contribution is -1.90. The molecule has 1 aromatic heterocycles. The Bertz CT molecular complexity index is 772. The highest BCUT2D eigenvalue weighted by molar-refractivity contribution is 7.22. The first-order chi connectivity index (χ1) is 9.65. The molecule has 0 saturated heterocycles. The van der Waals surface area contributed by atoms with Crippen molar-refractivity contribution in [1.29, 1.82) is 0 Å². The molecular formula is C14H12ClN3OS. The van der Waals surface area contributed by atoms with Crippen LogP contribution in [0, 0.1) is 0 Å². The van der Waals surface area contributed by atoms with E-state index in [0.717, 1.165) is 26.7 Å². The first-order valence-electron chi connectivity index (χ1n) is 5.92. The number of nitrogens with two attached hydrogens (primary N) is 1. The van der Waals surface area contributed by atoms with Gasteiger partial charge in [-0.3, -0.25) is 0 Å². The molecule has 0 spiro atoms. The molecule has 102 valence electrons. The highest BCUT2D eigenvalue weighted by atomic mass is 35.5. The van der Waals surface area contributed by atoms with Gasteiger partial charge >= 0.3 is 0 Å². The molecule has 4 nitrogen and oxygen atoms in total. The molecule has 0 saturated carbocycles. The average Bonchev–Trinajstić information content (AvgIpc) is 2.80. The minimum atomic E-state index is 0.558. The average molecular weight is 306 g/mol. The zero-order valence-electron chi connectivity index (χ0n) is 10.7. The predicted molar refractivity (Wildman–Crippen MR) is 85.3 cm³/mol. The second-order valence-corrected chi connectivity index (χ2v) is 5.66. The molecule has 2 aromatic carbocycles. The van der Waals surface area contributed by atoms with E-state index in [-0.39, 0.29) is 0 Å². The van der Waals surface area contributed by atoms with Gasteiger partial charge in [0, 0.05) is 11.4 Å². The molecule has 3 rings (SSSR count). The van der Waals surface area contributed by atoms with Gasteiger partial charge in [-0.2, -0.15) is 0 Å². The van der Waals surface area contributed by atoms with Crippen LogP contribution in [0.4, 0.5) is 16.5 Å². The minimum Gasteiger partial charge on any atom is -0.495 e. The van der Waals surface area contributed by atoms with E-state index in [4.69, 9.17) is 22.1 Å². The maximum absolute atomic E-state index is 6.10. The normalized spacial score (nSPS) is 10.7. The topological polar surface area (TPSA) is 60.2 Å². The molecule has 1 heterocycles. The van der Waals surface area contributed by atoms with Crippen LogP contribution < -0.4 is 15.8 Å². The number of nitrogens with one attached hydrogen (secondary N) is 1. The van der Waals surface area contributed by atoms with Crippen LogP contribution in [0.3, 0.4) is 0 Å². The van der Waals surface area contributed by atoms with Gasteiger partial charge in [0.2, 0.25) is 0 Å². The number of nitrogens with zero attached hydrogens (tertiary/aromatic N) is 1. The van der Waals surface area contributed by atoms with E-state index in [1.54, 1.807) is 24.5 Å². The van der Waals surface area contributed by atoms with Gasteiger partial charge in [-0.1, -0.05) is 22.9 Å². The smallest absolute Gasteiger partial charge is 0.188 e. The van der Waals surface area contributed by atoms with Crippen molar-refractivity contribution in [2.45, 2.75) is 0 Å². The predicted octanol–water partition coefficient (Wildman–Crippen LogP) is 4.28. The number of hydrogen-bond donors (Lipinski definition) is 2. The number of anilines is 3. The van der Waals surface area contributed by atoms with E-state index in [1.165, 1.54) is 0 Å². The molecule has 0 aliphatic heterocycles. The van der Waals surface area contributed by atoms with Gasteiger partial charge in [0.15, 0.2) is 5.13 Å². The zero-order valence-corrected chi connectivity index (χ0v) is 12.3. The monoisotopic (exact) mass is 305 g/mol. The summed E-state index contributed by atoms with van der Waals surface area (Å²) in [4.78, 5) is 4.50. The van der Waals surface area contributed by atoms with Crippen LogP contribution in [0.25, 0.3) is 10.2 Å². The molecule has 0 fully saturated rings. The Morgan fingerprint density at radius 3 is 2.85 bits per heavy atom. The molecule has 6 heteroatoms. The number of aromatic nitrogens is 1. The van der Waals surface area contributed by atoms with Crippen LogP contribution in [0.5, 0.6) is 5.75 Å². The summed E-state index contributed by atoms with van der Waals surface area (Å²) in [6.07, 6.45) is 0. The summed E-state index contributed by atoms with van der Waals surface area (Å²) in [6, 6.07) is 11.2. The third-order valence-corrected chi connectivity index (χ3v) is 4.04. The lowest BCUT2D eigenvalue weighted by Gasteiger charge is -2.06. The van der Waals surface area contributed by atoms with Crippen molar-refractivity contribution in [2.75, 3.05) is 18.2 Å². The summed E-state index contributed by atoms with van der Waals surface area (Å²) < 4.78 is 6.17. The Labute approximate surface area is 125 Å². The lowest BCUT2D eigenvalue weighted by atomic mass is 10.3. The van der Waals surface area contributed by atoms with Crippen LogP contribution in [0.2, 0.25) is 5.02 Å². The van der Waals surface area contributed by atoms with E-state index < -0.39 is 0 Å². The number of methoxy groups -OCH3 is 1. The van der Waals surface area contributed by atoms with Crippen molar-refractivity contribution in [3.05, 3.63) is 41.4 Å². The molecular weight excluding hydrogens is 294 g/mol. The van der Waals surface area contributed by atoms with Crippen LogP contribution in [-0.2, 0) is 0 Å². The van der Waals surface area contributed by atoms with Gasteiger partial charge in [-0.25, -0.2) is 4.98 Å². The molecule has 3 aromatic rings. The first-order valence-corrected chi connectivity index (χ1v) is 7.12. The van der Waals surface area contributed by atoms with Gasteiger partial charge in [-0.05, 0) is 36.4 Å². The van der Waals surface area contributed by atoms with Crippen molar-refractivity contribution in [2.24, 2.45) is 0 Å². The number of fused-ring (bicyclic) bond motifs is 1. The number of benzene rings is 2. The van der Waals surface area contributed by atoms with Gasteiger partial charge < -0.3 is 15.8 Å². The fourth-order valence-corrected chi connectivity index (χ4v) is 3.05. The Morgan fingerprint density at radius 2 is 2.10 bits per heavy atom. The number of hydrogen-bond acceptors (Lipinski definition) is 5. The van der Waals surface area contributed by atoms with Crippen LogP contribution in [-0.4, -0.2) is 12.1 Å². The zero-order chi connectivity index (χ0) is 14.1. The van der Waals surface area contributed by atoms with E-state index >= 15 is 0 Å². The van der Waals surface area contributed by atoms with Crippen molar-refractivity contribution in [1.82, 2.24) is 4.98 Å². The Hall–Kier alpha value is -1.98. The summed E-state index contributed by atoms with van der Waals surface area (Å²) in [6.45, 7) is 0. The van der Waals surface area contributed by atoms with Crippen molar-refractivity contribution in [3.63, 3.8) is 0 Å². The van der Waals surface area contributed by atoms with E-state index in [1.807, 2.05) is 30.3 Å². The number of thiazole rings is 1. The summed E-state index contributed by atoms with van der Waals surface area (Å²) in [7, 11) is 1.59. The third kappa shape index (κ3) is 2.50.